The van der Waals surface area contributed by atoms with E-state index in [0.717, 1.165) is 17.2 Å². The van der Waals surface area contributed by atoms with Gasteiger partial charge in [-0.3, -0.25) is 0 Å². The number of aliphatic hydroxyl groups is 1. The molecule has 4 nitrogen and oxygen atoms in total. The maximum Gasteiger partial charge on any atom is 0.137 e. The second-order valence-electron chi connectivity index (χ2n) is 5.13. The second-order valence-corrected chi connectivity index (χ2v) is 5.49. The van der Waals surface area contributed by atoms with Gasteiger partial charge in [0.15, 0.2) is 0 Å². The maximum atomic E-state index is 9.37. The molecule has 0 aliphatic carbocycles. The molecule has 0 aliphatic rings. The normalized spacial score (nSPS) is 14.7. The number of hydrogen-bond acceptors (Lipinski definition) is 4. The number of halogens is 1. The summed E-state index contributed by atoms with van der Waals surface area (Å²) < 4.78 is 0. The van der Waals surface area contributed by atoms with Gasteiger partial charge in [0, 0.05) is 17.5 Å². The quantitative estimate of drug-likeness (QED) is 0.808. The summed E-state index contributed by atoms with van der Waals surface area (Å²) >= 11 is 6.11. The summed E-state index contributed by atoms with van der Waals surface area (Å²) in [5.41, 5.74) is 0.846. The molecule has 1 heterocycles. The molecule has 0 radical (unpaired) electrons. The van der Waals surface area contributed by atoms with E-state index in [4.69, 9.17) is 11.6 Å². The minimum absolute atomic E-state index is 0.134. The molecule has 102 valence electrons. The molecule has 0 aliphatic heterocycles. The van der Waals surface area contributed by atoms with Crippen molar-refractivity contribution in [3.8, 4) is 0 Å². The average molecular weight is 272 g/mol. The van der Waals surface area contributed by atoms with Gasteiger partial charge in [0.1, 0.15) is 16.8 Å². The molecule has 0 spiro atoms. The van der Waals surface area contributed by atoms with Gasteiger partial charge in [0.25, 0.3) is 0 Å². The van der Waals surface area contributed by atoms with Gasteiger partial charge in [-0.2, -0.15) is 0 Å². The fourth-order valence-corrected chi connectivity index (χ4v) is 1.88. The lowest BCUT2D eigenvalue weighted by molar-refractivity contribution is 0.179. The van der Waals surface area contributed by atoms with E-state index in [2.05, 4.69) is 15.3 Å². The highest BCUT2D eigenvalue weighted by molar-refractivity contribution is 6.30. The van der Waals surface area contributed by atoms with Crippen LogP contribution in [0.15, 0.2) is 0 Å². The first kappa shape index (κ1) is 15.2. The van der Waals surface area contributed by atoms with E-state index < -0.39 is 0 Å². The fourth-order valence-electron chi connectivity index (χ4n) is 1.71. The molecule has 0 saturated carbocycles. The minimum atomic E-state index is -0.338. The Hall–Kier alpha value is -0.870. The van der Waals surface area contributed by atoms with Gasteiger partial charge in [0.05, 0.1) is 6.10 Å². The zero-order chi connectivity index (χ0) is 13.9. The van der Waals surface area contributed by atoms with Crippen molar-refractivity contribution in [1.29, 1.82) is 0 Å². The Morgan fingerprint density at radius 2 is 1.83 bits per heavy atom. The topological polar surface area (TPSA) is 58.0 Å². The molecule has 0 amide bonds. The van der Waals surface area contributed by atoms with Crippen LogP contribution >= 0.6 is 11.6 Å². The lowest BCUT2D eigenvalue weighted by atomic mass is 10.1. The highest BCUT2D eigenvalue weighted by atomic mass is 35.5. The molecule has 1 rings (SSSR count). The Labute approximate surface area is 114 Å². The smallest absolute Gasteiger partial charge is 0.137 e. The standard InChI is InChI=1S/C13H22ClN3O/c1-7(2)12-16-11(14)10(5)13(17-12)15-8(3)6-9(4)18/h7-9,18H,6H2,1-5H3,(H,15,16,17). The molecule has 2 atom stereocenters. The van der Waals surface area contributed by atoms with Crippen molar-refractivity contribution < 1.29 is 5.11 Å². The van der Waals surface area contributed by atoms with Gasteiger partial charge >= 0.3 is 0 Å². The van der Waals surface area contributed by atoms with Crippen LogP contribution < -0.4 is 5.32 Å². The molecule has 0 aromatic carbocycles. The van der Waals surface area contributed by atoms with E-state index in [1.165, 1.54) is 0 Å². The molecule has 0 saturated heterocycles. The number of anilines is 1. The summed E-state index contributed by atoms with van der Waals surface area (Å²) in [4.78, 5) is 8.76. The van der Waals surface area contributed by atoms with Crippen LogP contribution in [0.2, 0.25) is 5.15 Å². The Morgan fingerprint density at radius 1 is 1.22 bits per heavy atom. The maximum absolute atomic E-state index is 9.37. The van der Waals surface area contributed by atoms with E-state index in [0.29, 0.717) is 11.6 Å². The Morgan fingerprint density at radius 3 is 2.33 bits per heavy atom. The Balaban J connectivity index is 2.93. The number of aromatic nitrogens is 2. The van der Waals surface area contributed by atoms with Crippen LogP contribution in [0.25, 0.3) is 0 Å². The third-order valence-electron chi connectivity index (χ3n) is 2.70. The van der Waals surface area contributed by atoms with Crippen LogP contribution in [-0.2, 0) is 0 Å². The predicted molar refractivity (Wildman–Crippen MR) is 75.3 cm³/mol. The monoisotopic (exact) mass is 271 g/mol. The van der Waals surface area contributed by atoms with Gasteiger partial charge in [0.2, 0.25) is 0 Å². The van der Waals surface area contributed by atoms with E-state index >= 15 is 0 Å². The van der Waals surface area contributed by atoms with Crippen LogP contribution in [0.4, 0.5) is 5.82 Å². The number of aliphatic hydroxyl groups excluding tert-OH is 1. The van der Waals surface area contributed by atoms with E-state index in [1.807, 2.05) is 27.7 Å². The van der Waals surface area contributed by atoms with Crippen LogP contribution in [0.3, 0.4) is 0 Å². The highest BCUT2D eigenvalue weighted by Crippen LogP contribution is 2.23. The van der Waals surface area contributed by atoms with Gasteiger partial charge in [-0.25, -0.2) is 9.97 Å². The molecular weight excluding hydrogens is 250 g/mol. The number of nitrogens with zero attached hydrogens (tertiary/aromatic N) is 2. The first-order valence-electron chi connectivity index (χ1n) is 6.29. The van der Waals surface area contributed by atoms with Crippen molar-refractivity contribution in [3.63, 3.8) is 0 Å². The largest absolute Gasteiger partial charge is 0.393 e. The third kappa shape index (κ3) is 4.10. The molecule has 2 unspecified atom stereocenters. The van der Waals surface area contributed by atoms with Gasteiger partial charge < -0.3 is 10.4 Å². The summed E-state index contributed by atoms with van der Waals surface area (Å²) in [6.07, 6.45) is 0.327. The van der Waals surface area contributed by atoms with Crippen molar-refractivity contribution in [2.45, 2.75) is 59.1 Å². The summed E-state index contributed by atoms with van der Waals surface area (Å²) in [6.45, 7) is 9.74. The van der Waals surface area contributed by atoms with Crippen LogP contribution in [0.5, 0.6) is 0 Å². The van der Waals surface area contributed by atoms with Crippen molar-refractivity contribution in [2.75, 3.05) is 5.32 Å². The Kier molecular flexibility index (Phi) is 5.35. The van der Waals surface area contributed by atoms with Crippen molar-refractivity contribution in [1.82, 2.24) is 9.97 Å². The van der Waals surface area contributed by atoms with Gasteiger partial charge in [-0.1, -0.05) is 25.4 Å². The summed E-state index contributed by atoms with van der Waals surface area (Å²) in [5.74, 6) is 1.72. The second kappa shape index (κ2) is 6.34. The molecular formula is C13H22ClN3O. The molecule has 0 fully saturated rings. The molecule has 2 N–H and O–H groups in total. The van der Waals surface area contributed by atoms with Crippen LogP contribution in [0.1, 0.15) is 51.4 Å². The number of nitrogens with one attached hydrogen (secondary N) is 1. The molecule has 1 aromatic rings. The van der Waals surface area contributed by atoms with Crippen molar-refractivity contribution in [3.05, 3.63) is 16.5 Å². The van der Waals surface area contributed by atoms with Crippen LogP contribution in [-0.4, -0.2) is 27.2 Å². The lowest BCUT2D eigenvalue weighted by Crippen LogP contribution is -2.22. The average Bonchev–Trinajstić information content (AvgIpc) is 2.22. The molecule has 1 aromatic heterocycles. The number of hydrogen-bond donors (Lipinski definition) is 2. The molecule has 0 bridgehead atoms. The SMILES string of the molecule is Cc1c(Cl)nc(C(C)C)nc1NC(C)CC(C)O. The van der Waals surface area contributed by atoms with E-state index in [1.54, 1.807) is 6.92 Å². The zero-order valence-corrected chi connectivity index (χ0v) is 12.4. The summed E-state index contributed by atoms with van der Waals surface area (Å²) in [7, 11) is 0. The molecule has 5 heteroatoms. The van der Waals surface area contributed by atoms with Crippen LogP contribution in [0, 0.1) is 6.92 Å². The highest BCUT2D eigenvalue weighted by Gasteiger charge is 2.14. The van der Waals surface area contributed by atoms with Crippen molar-refractivity contribution in [2.24, 2.45) is 0 Å². The fraction of sp³-hybridized carbons (Fsp3) is 0.692. The predicted octanol–water partition coefficient (Wildman–Crippen LogP) is 3.13. The first-order valence-corrected chi connectivity index (χ1v) is 6.67. The zero-order valence-electron chi connectivity index (χ0n) is 11.7. The Bertz CT molecular complexity index is 407. The minimum Gasteiger partial charge on any atom is -0.393 e. The van der Waals surface area contributed by atoms with E-state index in [-0.39, 0.29) is 18.1 Å². The molecule has 18 heavy (non-hydrogen) atoms. The van der Waals surface area contributed by atoms with Crippen molar-refractivity contribution >= 4 is 17.4 Å². The number of rotatable bonds is 5. The first-order chi connectivity index (χ1) is 8.31. The summed E-state index contributed by atoms with van der Waals surface area (Å²) in [5, 5.41) is 13.1. The summed E-state index contributed by atoms with van der Waals surface area (Å²) in [6, 6.07) is 0.134. The van der Waals surface area contributed by atoms with E-state index in [9.17, 15) is 5.11 Å². The third-order valence-corrected chi connectivity index (χ3v) is 3.07. The van der Waals surface area contributed by atoms with Gasteiger partial charge in [-0.05, 0) is 27.2 Å². The van der Waals surface area contributed by atoms with Gasteiger partial charge in [-0.15, -0.1) is 0 Å². The lowest BCUT2D eigenvalue weighted by Gasteiger charge is -2.19.